The lowest BCUT2D eigenvalue weighted by Gasteiger charge is -2.30. The van der Waals surface area contributed by atoms with Crippen molar-refractivity contribution in [1.82, 2.24) is 5.32 Å². The largest absolute Gasteiger partial charge is 0.480 e. The summed E-state index contributed by atoms with van der Waals surface area (Å²) in [5.74, 6) is -15.6. The van der Waals surface area contributed by atoms with E-state index in [4.69, 9.17) is 21.9 Å². The second kappa shape index (κ2) is 8.14. The summed E-state index contributed by atoms with van der Waals surface area (Å²) >= 11 is 0. The summed E-state index contributed by atoms with van der Waals surface area (Å²) in [7, 11) is 0. The summed E-state index contributed by atoms with van der Waals surface area (Å²) in [5.41, 5.74) is 0.341. The minimum absolute atomic E-state index is 0.341. The molecular formula is C19H27NO3. The lowest BCUT2D eigenvalue weighted by molar-refractivity contribution is -0.142. The van der Waals surface area contributed by atoms with E-state index in [1.807, 2.05) is 0 Å². The molecule has 1 fully saturated rings. The van der Waals surface area contributed by atoms with Gasteiger partial charge in [-0.15, -0.1) is 0 Å². The monoisotopic (exact) mass is 333 g/mol. The molecule has 23 heavy (non-hydrogen) atoms. The molecule has 0 bridgehead atoms. The molecular weight excluding hydrogens is 290 g/mol. The first-order valence-corrected chi connectivity index (χ1v) is 6.75. The van der Waals surface area contributed by atoms with E-state index in [0.29, 0.717) is 5.56 Å². The van der Waals surface area contributed by atoms with Gasteiger partial charge in [0.05, 0.1) is 0 Å². The maximum absolute atomic E-state index is 13.3. The molecule has 0 unspecified atom stereocenters. The minimum atomic E-state index is -4.32. The smallest absolute Gasteiger partial charge is 0.326 e. The van der Waals surface area contributed by atoms with Crippen LogP contribution >= 0.6 is 0 Å². The molecule has 1 aromatic rings. The SMILES string of the molecule is [2H]C([2H])([2H])C(C([2H])([2H])[2H])C1([2H])C([2H])([2H])C([2H])([2H])C([2H])(C(=O)N[C@H](Cc2ccccc2)C(=O)O)C([2H])([2H])C1([2H])[2H]. The maximum atomic E-state index is 13.3. The van der Waals surface area contributed by atoms with Gasteiger partial charge in [0.15, 0.2) is 0 Å². The number of benzene rings is 1. The van der Waals surface area contributed by atoms with Crippen LogP contribution in [0.15, 0.2) is 30.3 Å². The van der Waals surface area contributed by atoms with Gasteiger partial charge >= 0.3 is 5.97 Å². The predicted molar refractivity (Wildman–Crippen MR) is 90.0 cm³/mol. The number of carboxylic acid groups (broad SMARTS) is 1. The number of carbonyl (C=O) groups is 2. The lowest BCUT2D eigenvalue weighted by atomic mass is 9.76. The summed E-state index contributed by atoms with van der Waals surface area (Å²) in [5, 5.41) is 11.4. The highest BCUT2D eigenvalue weighted by atomic mass is 16.4. The molecule has 1 aliphatic carbocycles. The predicted octanol–water partition coefficient (Wildman–Crippen LogP) is 3.26. The molecule has 1 aliphatic rings. The molecule has 2 N–H and O–H groups in total. The summed E-state index contributed by atoms with van der Waals surface area (Å²) in [6.45, 7) is -7.71. The molecule has 1 aromatic carbocycles. The first kappa shape index (κ1) is 5.91. The third-order valence-corrected chi connectivity index (χ3v) is 3.05. The molecule has 1 amide bonds. The number of rotatable bonds is 6. The normalized spacial score (nSPS) is 49.1. The minimum Gasteiger partial charge on any atom is -0.480 e. The van der Waals surface area contributed by atoms with Crippen molar-refractivity contribution < 1.29 is 36.6 Å². The van der Waals surface area contributed by atoms with Gasteiger partial charge in [0.1, 0.15) is 6.04 Å². The van der Waals surface area contributed by atoms with Gasteiger partial charge in [-0.25, -0.2) is 4.79 Å². The van der Waals surface area contributed by atoms with Crippen molar-refractivity contribution in [1.29, 1.82) is 0 Å². The van der Waals surface area contributed by atoms with Crippen LogP contribution < -0.4 is 5.32 Å². The Labute approximate surface area is 160 Å². The second-order valence-electron chi connectivity index (χ2n) is 4.78. The van der Waals surface area contributed by atoms with Crippen LogP contribution in [0.2, 0.25) is 0 Å². The van der Waals surface area contributed by atoms with E-state index in [-0.39, 0.29) is 0 Å². The van der Waals surface area contributed by atoms with Crippen molar-refractivity contribution in [3.8, 4) is 0 Å². The van der Waals surface area contributed by atoms with Gasteiger partial charge in [-0.2, -0.15) is 0 Å². The van der Waals surface area contributed by atoms with E-state index >= 15 is 0 Å². The summed E-state index contributed by atoms with van der Waals surface area (Å²) in [6.07, 6.45) is -17.7. The molecule has 0 saturated heterocycles. The van der Waals surface area contributed by atoms with Gasteiger partial charge in [-0.3, -0.25) is 4.79 Å². The quantitative estimate of drug-likeness (QED) is 0.840. The number of carboxylic acids is 1. The highest BCUT2D eigenvalue weighted by Gasteiger charge is 2.30. The highest BCUT2D eigenvalue weighted by molar-refractivity contribution is 5.85. The van der Waals surface area contributed by atoms with Crippen molar-refractivity contribution >= 4 is 11.9 Å². The third-order valence-electron chi connectivity index (χ3n) is 3.05. The van der Waals surface area contributed by atoms with Gasteiger partial charge in [0, 0.05) is 34.2 Å². The molecule has 2 rings (SSSR count). The molecule has 0 aliphatic heterocycles. The Morgan fingerprint density at radius 1 is 1.30 bits per heavy atom. The maximum Gasteiger partial charge on any atom is 0.326 e. The Kier molecular flexibility index (Phi) is 2.09. The van der Waals surface area contributed by atoms with Crippen LogP contribution in [0.3, 0.4) is 0 Å². The molecule has 0 radical (unpaired) electrons. The highest BCUT2D eigenvalue weighted by Crippen LogP contribution is 2.33. The molecule has 0 heterocycles. The molecule has 1 atom stereocenters. The molecule has 4 heteroatoms. The standard InChI is InChI=1S/C19H27NO3/c1-13(2)15-8-10-16(11-9-15)18(21)20-17(19(22)23)12-14-6-4-3-5-7-14/h3-7,13,15-17H,8-12H2,1-2H3,(H,20,21)(H,22,23)/t15?,16?,17-/m1/s1/i1D3,2D3,8D2,9D2,10D2,11D2,15D,16D. The topological polar surface area (TPSA) is 66.4 Å². The molecule has 0 spiro atoms. The van der Waals surface area contributed by atoms with E-state index in [2.05, 4.69) is 0 Å². The van der Waals surface area contributed by atoms with Crippen LogP contribution in [0.5, 0.6) is 0 Å². The number of hydrogen-bond donors (Lipinski definition) is 2. The average molecular weight is 334 g/mol. The van der Waals surface area contributed by atoms with Crippen molar-refractivity contribution in [3.05, 3.63) is 35.9 Å². The van der Waals surface area contributed by atoms with Gasteiger partial charge in [-0.05, 0) is 42.9 Å². The van der Waals surface area contributed by atoms with Gasteiger partial charge in [0.25, 0.3) is 0 Å². The number of hydrogen-bond acceptors (Lipinski definition) is 2. The van der Waals surface area contributed by atoms with E-state index in [1.165, 1.54) is 24.3 Å². The fraction of sp³-hybridized carbons (Fsp3) is 0.579. The van der Waals surface area contributed by atoms with Crippen molar-refractivity contribution in [2.24, 2.45) is 17.7 Å². The third kappa shape index (κ3) is 5.08. The first-order chi connectivity index (χ1) is 17.2. The van der Waals surface area contributed by atoms with Crippen LogP contribution in [0.1, 0.15) is 66.7 Å². The van der Waals surface area contributed by atoms with Crippen molar-refractivity contribution in [2.45, 2.75) is 51.7 Å². The van der Waals surface area contributed by atoms with Gasteiger partial charge in [-0.1, -0.05) is 44.0 Å². The summed E-state index contributed by atoms with van der Waals surface area (Å²) in [4.78, 5) is 25.2. The Balaban J connectivity index is 2.80. The average Bonchev–Trinajstić information content (AvgIpc) is 2.75. The van der Waals surface area contributed by atoms with E-state index in [9.17, 15) is 14.7 Å². The fourth-order valence-electron chi connectivity index (χ4n) is 1.86. The molecule has 4 nitrogen and oxygen atoms in total. The fourth-order valence-corrected chi connectivity index (χ4v) is 1.86. The molecule has 126 valence electrons. The Morgan fingerprint density at radius 2 is 1.96 bits per heavy atom. The van der Waals surface area contributed by atoms with E-state index in [1.54, 1.807) is 11.4 Å². The Morgan fingerprint density at radius 3 is 2.52 bits per heavy atom. The number of aliphatic carboxylic acids is 1. The Hall–Kier alpha value is -1.84. The number of nitrogens with one attached hydrogen (secondary N) is 1. The van der Waals surface area contributed by atoms with Gasteiger partial charge < -0.3 is 10.4 Å². The Bertz CT molecular complexity index is 1060. The van der Waals surface area contributed by atoms with Crippen LogP contribution in [0.4, 0.5) is 0 Å². The first-order valence-electron chi connectivity index (χ1n) is 14.7. The molecule has 0 aromatic heterocycles. The van der Waals surface area contributed by atoms with Crippen molar-refractivity contribution in [3.63, 3.8) is 0 Å². The van der Waals surface area contributed by atoms with Crippen LogP contribution in [-0.4, -0.2) is 23.0 Å². The van der Waals surface area contributed by atoms with Crippen molar-refractivity contribution in [2.75, 3.05) is 0 Å². The van der Waals surface area contributed by atoms with E-state index in [0.717, 1.165) is 0 Å². The van der Waals surface area contributed by atoms with Crippen LogP contribution in [0, 0.1) is 17.7 Å². The van der Waals surface area contributed by atoms with E-state index < -0.39 is 81.2 Å². The molecule has 1 saturated carbocycles. The second-order valence-corrected chi connectivity index (χ2v) is 4.78. The zero-order chi connectivity index (χ0) is 30.8. The zero-order valence-electron chi connectivity index (χ0n) is 28.0. The van der Waals surface area contributed by atoms with Gasteiger partial charge in [0.2, 0.25) is 5.91 Å². The zero-order valence-corrected chi connectivity index (χ0v) is 12.0. The number of amides is 1. The summed E-state index contributed by atoms with van der Waals surface area (Å²) < 4.78 is 130. The van der Waals surface area contributed by atoms with Crippen LogP contribution in [0.25, 0.3) is 0 Å². The van der Waals surface area contributed by atoms with Crippen LogP contribution in [-0.2, 0) is 16.0 Å². The summed E-state index contributed by atoms with van der Waals surface area (Å²) in [6, 6.07) is 5.67. The number of carbonyl (C=O) groups excluding carboxylic acids is 1. The lowest BCUT2D eigenvalue weighted by Crippen LogP contribution is -2.45.